The van der Waals surface area contributed by atoms with Gasteiger partial charge >= 0.3 is 0 Å². The minimum absolute atomic E-state index is 0.125. The highest BCUT2D eigenvalue weighted by atomic mass is 32.2. The molecule has 0 bridgehead atoms. The van der Waals surface area contributed by atoms with Gasteiger partial charge in [-0.25, -0.2) is 0 Å². The molecular weight excluding hydrogens is 438 g/mol. The van der Waals surface area contributed by atoms with E-state index in [-0.39, 0.29) is 17.0 Å². The number of hydrogen-bond donors (Lipinski definition) is 1. The van der Waals surface area contributed by atoms with Crippen molar-refractivity contribution in [2.45, 2.75) is 63.0 Å². The highest BCUT2D eigenvalue weighted by molar-refractivity contribution is 8.02. The smallest absolute Gasteiger partial charge is 0.210 e. The van der Waals surface area contributed by atoms with Gasteiger partial charge in [0, 0.05) is 5.56 Å². The maximum absolute atomic E-state index is 13.3. The van der Waals surface area contributed by atoms with E-state index >= 15 is 0 Å². The molecule has 0 saturated heterocycles. The predicted octanol–water partition coefficient (Wildman–Crippen LogP) is 7.29. The van der Waals surface area contributed by atoms with E-state index in [1.54, 1.807) is 0 Å². The molecule has 0 radical (unpaired) electrons. The molecule has 0 amide bonds. The zero-order chi connectivity index (χ0) is 23.3. The number of hydrogen-bond acceptors (Lipinski definition) is 7. The molecule has 0 saturated carbocycles. The Hall–Kier alpha value is -2.38. The van der Waals surface area contributed by atoms with Crippen molar-refractivity contribution in [3.05, 3.63) is 59.2 Å². The summed E-state index contributed by atoms with van der Waals surface area (Å²) in [5.41, 5.74) is 4.02. The molecule has 7 heteroatoms. The van der Waals surface area contributed by atoms with Crippen molar-refractivity contribution >= 4 is 39.7 Å². The van der Waals surface area contributed by atoms with E-state index in [4.69, 9.17) is 4.74 Å². The average Bonchev–Trinajstić information content (AvgIpc) is 3.20. The van der Waals surface area contributed by atoms with Crippen LogP contribution in [0.2, 0.25) is 0 Å². The van der Waals surface area contributed by atoms with E-state index < -0.39 is 0 Å². The molecule has 0 spiro atoms. The van der Waals surface area contributed by atoms with Gasteiger partial charge in [0.25, 0.3) is 0 Å². The number of para-hydroxylation sites is 2. The van der Waals surface area contributed by atoms with Crippen LogP contribution in [0, 0.1) is 0 Å². The molecule has 170 valence electrons. The van der Waals surface area contributed by atoms with Crippen molar-refractivity contribution < 1.29 is 9.53 Å². The number of aromatic nitrogens is 2. The first-order chi connectivity index (χ1) is 15.3. The maximum Gasteiger partial charge on any atom is 0.210 e. The number of nitrogens with zero attached hydrogens (tertiary/aromatic N) is 2. The molecule has 32 heavy (non-hydrogen) atoms. The van der Waals surface area contributed by atoms with Crippen LogP contribution in [0.4, 0.5) is 10.8 Å². The van der Waals surface area contributed by atoms with Gasteiger partial charge < -0.3 is 10.1 Å². The summed E-state index contributed by atoms with van der Waals surface area (Å²) < 4.78 is 6.42. The quantitative estimate of drug-likeness (QED) is 0.248. The van der Waals surface area contributed by atoms with Crippen molar-refractivity contribution in [3.8, 4) is 5.75 Å². The van der Waals surface area contributed by atoms with Crippen LogP contribution in [0.25, 0.3) is 0 Å². The van der Waals surface area contributed by atoms with E-state index in [0.29, 0.717) is 17.7 Å². The SMILES string of the molecule is CCOc1ccccc1Nc1nnc(S[C@@H](C)C(=O)c2ccc(C(C)C)cc2C(C)C)s1. The number of Topliss-reactive ketones (excluding diaryl/α,β-unsaturated/α-hetero) is 1. The summed E-state index contributed by atoms with van der Waals surface area (Å²) in [5, 5.41) is 12.2. The number of ketones is 1. The Morgan fingerprint density at radius 1 is 1.06 bits per heavy atom. The fraction of sp³-hybridized carbons (Fsp3) is 0.400. The van der Waals surface area contributed by atoms with E-state index in [1.807, 2.05) is 44.2 Å². The average molecular weight is 470 g/mol. The van der Waals surface area contributed by atoms with Crippen LogP contribution in [0.5, 0.6) is 5.75 Å². The monoisotopic (exact) mass is 469 g/mol. The standard InChI is InChI=1S/C25H31N3O2S2/c1-7-30-22-11-9-8-10-21(22)26-24-27-28-25(32-24)31-17(6)23(29)19-13-12-18(15(2)3)14-20(19)16(4)5/h8-17H,7H2,1-6H3,(H,26,27)/t17-/m0/s1. The topological polar surface area (TPSA) is 64.1 Å². The van der Waals surface area contributed by atoms with Crippen molar-refractivity contribution in [1.82, 2.24) is 10.2 Å². The molecule has 0 aliphatic carbocycles. The van der Waals surface area contributed by atoms with Crippen LogP contribution >= 0.6 is 23.1 Å². The molecule has 0 unspecified atom stereocenters. The minimum atomic E-state index is -0.256. The second-order valence-corrected chi connectivity index (χ2v) is 10.8. The number of carbonyl (C=O) groups excluding carboxylic acids is 1. The summed E-state index contributed by atoms with van der Waals surface area (Å²) in [6.45, 7) is 13.1. The summed E-state index contributed by atoms with van der Waals surface area (Å²) in [7, 11) is 0. The summed E-state index contributed by atoms with van der Waals surface area (Å²) in [6, 6.07) is 14.0. The van der Waals surface area contributed by atoms with Crippen LogP contribution in [0.3, 0.4) is 0 Å². The third-order valence-electron chi connectivity index (χ3n) is 5.11. The highest BCUT2D eigenvalue weighted by Crippen LogP contribution is 2.35. The van der Waals surface area contributed by atoms with E-state index in [2.05, 4.69) is 55.3 Å². The molecule has 1 atom stereocenters. The van der Waals surface area contributed by atoms with Gasteiger partial charge in [-0.05, 0) is 48.9 Å². The van der Waals surface area contributed by atoms with Gasteiger partial charge in [0.2, 0.25) is 5.13 Å². The number of carbonyl (C=O) groups is 1. The zero-order valence-corrected chi connectivity index (χ0v) is 21.1. The maximum atomic E-state index is 13.3. The molecule has 0 aliphatic rings. The number of anilines is 2. The van der Waals surface area contributed by atoms with E-state index in [9.17, 15) is 4.79 Å². The van der Waals surface area contributed by atoms with Crippen LogP contribution in [0.15, 0.2) is 46.8 Å². The molecule has 5 nitrogen and oxygen atoms in total. The van der Waals surface area contributed by atoms with Gasteiger partial charge in [0.1, 0.15) is 5.75 Å². The molecule has 2 aromatic carbocycles. The molecule has 3 rings (SSSR count). The third kappa shape index (κ3) is 5.90. The van der Waals surface area contributed by atoms with Crippen LogP contribution < -0.4 is 10.1 Å². The van der Waals surface area contributed by atoms with Crippen molar-refractivity contribution in [2.75, 3.05) is 11.9 Å². The van der Waals surface area contributed by atoms with Crippen LogP contribution in [-0.2, 0) is 0 Å². The fourth-order valence-electron chi connectivity index (χ4n) is 3.34. The first-order valence-corrected chi connectivity index (χ1v) is 12.7. The molecule has 1 aromatic heterocycles. The Bertz CT molecular complexity index is 1060. The first-order valence-electron chi connectivity index (χ1n) is 11.0. The lowest BCUT2D eigenvalue weighted by molar-refractivity contribution is 0.0992. The van der Waals surface area contributed by atoms with Crippen molar-refractivity contribution in [2.24, 2.45) is 0 Å². The largest absolute Gasteiger partial charge is 0.492 e. The number of thioether (sulfide) groups is 1. The van der Waals surface area contributed by atoms with Crippen LogP contribution in [-0.4, -0.2) is 27.8 Å². The summed E-state index contributed by atoms with van der Waals surface area (Å²) in [4.78, 5) is 13.3. The van der Waals surface area contributed by atoms with E-state index in [0.717, 1.165) is 26.9 Å². The molecule has 0 fully saturated rings. The van der Waals surface area contributed by atoms with Gasteiger partial charge in [-0.15, -0.1) is 10.2 Å². The van der Waals surface area contributed by atoms with Gasteiger partial charge in [0.05, 0.1) is 17.5 Å². The van der Waals surface area contributed by atoms with E-state index in [1.165, 1.54) is 28.7 Å². The lowest BCUT2D eigenvalue weighted by Crippen LogP contribution is -2.16. The molecule has 0 aliphatic heterocycles. The Kier molecular flexibility index (Phi) is 8.32. The summed E-state index contributed by atoms with van der Waals surface area (Å²) >= 11 is 2.88. The lowest BCUT2D eigenvalue weighted by atomic mass is 9.89. The van der Waals surface area contributed by atoms with Crippen molar-refractivity contribution in [1.29, 1.82) is 0 Å². The Balaban J connectivity index is 1.73. The van der Waals surface area contributed by atoms with Gasteiger partial charge in [-0.3, -0.25) is 4.79 Å². The number of nitrogens with one attached hydrogen (secondary N) is 1. The van der Waals surface area contributed by atoms with Gasteiger partial charge in [-0.1, -0.05) is 81.1 Å². The Labute approximate surface area is 199 Å². The first kappa shape index (κ1) is 24.3. The minimum Gasteiger partial charge on any atom is -0.492 e. The normalized spacial score (nSPS) is 12.2. The zero-order valence-electron chi connectivity index (χ0n) is 19.5. The number of rotatable bonds is 10. The Morgan fingerprint density at radius 3 is 2.50 bits per heavy atom. The number of benzene rings is 2. The second kappa shape index (κ2) is 11.0. The van der Waals surface area contributed by atoms with Crippen molar-refractivity contribution in [3.63, 3.8) is 0 Å². The number of ether oxygens (including phenoxy) is 1. The summed E-state index contributed by atoms with van der Waals surface area (Å²) in [5.74, 6) is 1.62. The lowest BCUT2D eigenvalue weighted by Gasteiger charge is -2.17. The van der Waals surface area contributed by atoms with Gasteiger partial charge in [-0.2, -0.15) is 0 Å². The summed E-state index contributed by atoms with van der Waals surface area (Å²) in [6.07, 6.45) is 0. The van der Waals surface area contributed by atoms with Gasteiger partial charge in [0.15, 0.2) is 10.1 Å². The molecule has 1 heterocycles. The Morgan fingerprint density at radius 2 is 1.81 bits per heavy atom. The highest BCUT2D eigenvalue weighted by Gasteiger charge is 2.23. The molecule has 3 aromatic rings. The fourth-order valence-corrected chi connectivity index (χ4v) is 5.32. The second-order valence-electron chi connectivity index (χ2n) is 8.21. The van der Waals surface area contributed by atoms with Crippen LogP contribution in [0.1, 0.15) is 74.9 Å². The predicted molar refractivity (Wildman–Crippen MR) is 135 cm³/mol. The third-order valence-corrected chi connectivity index (χ3v) is 7.13. The molecule has 1 N–H and O–H groups in total. The molecular formula is C25H31N3O2S2.